The van der Waals surface area contributed by atoms with Crippen molar-refractivity contribution >= 4 is 17.5 Å². The van der Waals surface area contributed by atoms with Crippen molar-refractivity contribution in [2.45, 2.75) is 13.3 Å². The number of amides is 1. The Morgan fingerprint density at radius 1 is 1.29 bits per heavy atom. The molecule has 0 bridgehead atoms. The molecule has 2 rings (SSSR count). The second kappa shape index (κ2) is 8.60. The number of rotatable bonds is 7. The Balaban J connectivity index is 2.05. The number of nitrogens with zero attached hydrogens (tertiary/aromatic N) is 3. The molecular weight excluding hydrogens is 306 g/mol. The number of methoxy groups -OCH3 is 1. The highest BCUT2D eigenvalue weighted by atomic mass is 16.5. The Kier molecular flexibility index (Phi) is 6.23. The minimum absolute atomic E-state index is 0.279. The van der Waals surface area contributed by atoms with Crippen molar-refractivity contribution in [2.24, 2.45) is 0 Å². The van der Waals surface area contributed by atoms with Gasteiger partial charge in [0.25, 0.3) is 5.91 Å². The van der Waals surface area contributed by atoms with Crippen LogP contribution in [0, 0.1) is 18.3 Å². The molecule has 1 heterocycles. The number of benzene rings is 1. The summed E-state index contributed by atoms with van der Waals surface area (Å²) in [5.74, 6) is 0.0845. The number of hydrogen-bond acceptors (Lipinski definition) is 6. The summed E-state index contributed by atoms with van der Waals surface area (Å²) in [6, 6.07) is 10.3. The highest BCUT2D eigenvalue weighted by Gasteiger charge is 2.11. The van der Waals surface area contributed by atoms with Gasteiger partial charge in [0.15, 0.2) is 0 Å². The van der Waals surface area contributed by atoms with E-state index in [2.05, 4.69) is 20.6 Å². The smallest absolute Gasteiger partial charge is 0.274 e. The maximum absolute atomic E-state index is 12.3. The van der Waals surface area contributed by atoms with E-state index >= 15 is 0 Å². The van der Waals surface area contributed by atoms with Crippen LogP contribution in [0.1, 0.15) is 28.2 Å². The number of nitriles is 1. The summed E-state index contributed by atoms with van der Waals surface area (Å²) in [7, 11) is 1.65. The molecule has 2 N–H and O–H groups in total. The van der Waals surface area contributed by atoms with Gasteiger partial charge < -0.3 is 15.4 Å². The monoisotopic (exact) mass is 325 g/mol. The molecule has 0 saturated heterocycles. The number of hydrogen-bond donors (Lipinski definition) is 2. The van der Waals surface area contributed by atoms with Gasteiger partial charge in [0.2, 0.25) is 5.95 Å². The topological polar surface area (TPSA) is 99.9 Å². The molecule has 0 spiro atoms. The third kappa shape index (κ3) is 5.04. The lowest BCUT2D eigenvalue weighted by Crippen LogP contribution is -2.16. The normalized spacial score (nSPS) is 10.0. The zero-order valence-corrected chi connectivity index (χ0v) is 13.7. The van der Waals surface area contributed by atoms with E-state index in [1.165, 1.54) is 0 Å². The summed E-state index contributed by atoms with van der Waals surface area (Å²) in [6.45, 7) is 3.11. The molecular formula is C17H19N5O2. The molecule has 1 aromatic heterocycles. The van der Waals surface area contributed by atoms with Crippen molar-refractivity contribution in [2.75, 3.05) is 30.9 Å². The second-order valence-electron chi connectivity index (χ2n) is 5.13. The number of carbonyl (C=O) groups is 1. The third-order valence-electron chi connectivity index (χ3n) is 3.17. The quantitative estimate of drug-likeness (QED) is 0.758. The van der Waals surface area contributed by atoms with Crippen molar-refractivity contribution in [1.82, 2.24) is 9.97 Å². The molecule has 0 fully saturated rings. The van der Waals surface area contributed by atoms with E-state index in [0.717, 1.165) is 6.42 Å². The Morgan fingerprint density at radius 2 is 2.04 bits per heavy atom. The lowest BCUT2D eigenvalue weighted by Gasteiger charge is -2.09. The van der Waals surface area contributed by atoms with Gasteiger partial charge in [-0.05, 0) is 43.7 Å². The number of aryl methyl sites for hydroxylation is 1. The summed E-state index contributed by atoms with van der Waals surface area (Å²) in [6.07, 6.45) is 0.820. The largest absolute Gasteiger partial charge is 0.385 e. The first-order valence-electron chi connectivity index (χ1n) is 7.52. The Labute approximate surface area is 140 Å². The number of anilines is 2. The number of aromatic nitrogens is 2. The van der Waals surface area contributed by atoms with Crippen LogP contribution in [0.25, 0.3) is 0 Å². The summed E-state index contributed by atoms with van der Waals surface area (Å²) in [5, 5.41) is 14.6. The van der Waals surface area contributed by atoms with E-state index in [1.54, 1.807) is 44.4 Å². The SMILES string of the molecule is COCCCNc1nc(C)cc(C(=O)Nc2ccc(C#N)cc2)n1. The molecule has 2 aromatic rings. The van der Waals surface area contributed by atoms with Gasteiger partial charge in [0.05, 0.1) is 11.6 Å². The number of ether oxygens (including phenoxy) is 1. The molecule has 7 heteroatoms. The van der Waals surface area contributed by atoms with E-state index in [0.29, 0.717) is 36.0 Å². The molecule has 24 heavy (non-hydrogen) atoms. The van der Waals surface area contributed by atoms with Gasteiger partial charge >= 0.3 is 0 Å². The van der Waals surface area contributed by atoms with Crippen LogP contribution in [-0.2, 0) is 4.74 Å². The number of nitrogens with one attached hydrogen (secondary N) is 2. The van der Waals surface area contributed by atoms with E-state index in [4.69, 9.17) is 10.00 Å². The zero-order chi connectivity index (χ0) is 17.4. The van der Waals surface area contributed by atoms with Crippen molar-refractivity contribution in [3.05, 3.63) is 47.3 Å². The predicted molar refractivity (Wildman–Crippen MR) is 90.9 cm³/mol. The standard InChI is InChI=1S/C17H19N5O2/c1-12-10-15(22-17(20-12)19-8-3-9-24-2)16(23)21-14-6-4-13(11-18)5-7-14/h4-7,10H,3,8-9H2,1-2H3,(H,21,23)(H,19,20,22). The molecule has 0 aliphatic carbocycles. The van der Waals surface area contributed by atoms with Crippen LogP contribution >= 0.6 is 0 Å². The summed E-state index contributed by atoms with van der Waals surface area (Å²) >= 11 is 0. The fourth-order valence-electron chi connectivity index (χ4n) is 2.00. The molecule has 0 unspecified atom stereocenters. The average Bonchev–Trinajstić information content (AvgIpc) is 2.59. The first-order valence-corrected chi connectivity index (χ1v) is 7.52. The first-order chi connectivity index (χ1) is 11.6. The minimum Gasteiger partial charge on any atom is -0.385 e. The van der Waals surface area contributed by atoms with Gasteiger partial charge in [-0.1, -0.05) is 0 Å². The predicted octanol–water partition coefficient (Wildman–Crippen LogP) is 2.36. The van der Waals surface area contributed by atoms with Crippen LogP contribution in [0.5, 0.6) is 0 Å². The number of carbonyl (C=O) groups excluding carboxylic acids is 1. The average molecular weight is 325 g/mol. The highest BCUT2D eigenvalue weighted by Crippen LogP contribution is 2.12. The van der Waals surface area contributed by atoms with Gasteiger partial charge in [-0.15, -0.1) is 0 Å². The lowest BCUT2D eigenvalue weighted by atomic mass is 10.2. The molecule has 7 nitrogen and oxygen atoms in total. The van der Waals surface area contributed by atoms with Crippen molar-refractivity contribution in [3.63, 3.8) is 0 Å². The molecule has 1 amide bonds. The Hall–Kier alpha value is -2.98. The lowest BCUT2D eigenvalue weighted by molar-refractivity contribution is 0.102. The van der Waals surface area contributed by atoms with Crippen LogP contribution in [0.4, 0.5) is 11.6 Å². The van der Waals surface area contributed by atoms with Gasteiger partial charge in [-0.3, -0.25) is 4.79 Å². The van der Waals surface area contributed by atoms with Gasteiger partial charge in [0.1, 0.15) is 5.69 Å². The maximum Gasteiger partial charge on any atom is 0.274 e. The van der Waals surface area contributed by atoms with Crippen LogP contribution in [0.3, 0.4) is 0 Å². The van der Waals surface area contributed by atoms with E-state index in [9.17, 15) is 4.79 Å². The summed E-state index contributed by atoms with van der Waals surface area (Å²) in [4.78, 5) is 20.8. The molecule has 0 aliphatic rings. The fraction of sp³-hybridized carbons (Fsp3) is 0.294. The van der Waals surface area contributed by atoms with Crippen molar-refractivity contribution in [1.29, 1.82) is 5.26 Å². The Morgan fingerprint density at radius 3 is 2.71 bits per heavy atom. The van der Waals surface area contributed by atoms with Gasteiger partial charge in [0, 0.05) is 31.6 Å². The maximum atomic E-state index is 12.3. The fourth-order valence-corrected chi connectivity index (χ4v) is 2.00. The van der Waals surface area contributed by atoms with E-state index < -0.39 is 0 Å². The van der Waals surface area contributed by atoms with E-state index in [-0.39, 0.29) is 11.6 Å². The van der Waals surface area contributed by atoms with Crippen LogP contribution in [-0.4, -0.2) is 36.1 Å². The summed E-state index contributed by atoms with van der Waals surface area (Å²) < 4.78 is 4.98. The van der Waals surface area contributed by atoms with Crippen LogP contribution < -0.4 is 10.6 Å². The third-order valence-corrected chi connectivity index (χ3v) is 3.17. The van der Waals surface area contributed by atoms with Crippen LogP contribution in [0.2, 0.25) is 0 Å². The van der Waals surface area contributed by atoms with E-state index in [1.807, 2.05) is 6.07 Å². The minimum atomic E-state index is -0.329. The van der Waals surface area contributed by atoms with Crippen molar-refractivity contribution < 1.29 is 9.53 Å². The second-order valence-corrected chi connectivity index (χ2v) is 5.13. The Bertz CT molecular complexity index is 738. The molecule has 1 aromatic carbocycles. The zero-order valence-electron chi connectivity index (χ0n) is 13.7. The highest BCUT2D eigenvalue weighted by molar-refractivity contribution is 6.03. The molecule has 0 saturated carbocycles. The molecule has 0 atom stereocenters. The molecule has 124 valence electrons. The van der Waals surface area contributed by atoms with Crippen LogP contribution in [0.15, 0.2) is 30.3 Å². The van der Waals surface area contributed by atoms with Gasteiger partial charge in [-0.25, -0.2) is 9.97 Å². The molecule has 0 radical (unpaired) electrons. The summed E-state index contributed by atoms with van der Waals surface area (Å²) in [5.41, 5.74) is 2.11. The van der Waals surface area contributed by atoms with Gasteiger partial charge in [-0.2, -0.15) is 5.26 Å². The van der Waals surface area contributed by atoms with Crippen molar-refractivity contribution in [3.8, 4) is 6.07 Å². The first kappa shape index (κ1) is 17.4. The molecule has 0 aliphatic heterocycles.